The van der Waals surface area contributed by atoms with Crippen molar-refractivity contribution in [2.45, 2.75) is 38.7 Å². The second-order valence-corrected chi connectivity index (χ2v) is 6.15. The van der Waals surface area contributed by atoms with Gasteiger partial charge >= 0.3 is 0 Å². The molecule has 1 aliphatic rings. The lowest BCUT2D eigenvalue weighted by Gasteiger charge is -2.39. The quantitative estimate of drug-likeness (QED) is 0.887. The van der Waals surface area contributed by atoms with Gasteiger partial charge in [0.05, 0.1) is 18.6 Å². The summed E-state index contributed by atoms with van der Waals surface area (Å²) in [6, 6.07) is 5.66. The molecule has 22 heavy (non-hydrogen) atoms. The monoisotopic (exact) mass is 304 g/mol. The summed E-state index contributed by atoms with van der Waals surface area (Å²) < 4.78 is 0. The summed E-state index contributed by atoms with van der Waals surface area (Å²) in [7, 11) is 1.55. The highest BCUT2D eigenvalue weighted by molar-refractivity contribution is 5.96. The van der Waals surface area contributed by atoms with Crippen LogP contribution in [0, 0.1) is 13.8 Å². The minimum absolute atomic E-state index is 0.0279. The van der Waals surface area contributed by atoms with E-state index in [-0.39, 0.29) is 24.8 Å². The third-order valence-corrected chi connectivity index (χ3v) is 4.45. The second kappa shape index (κ2) is 6.48. The van der Waals surface area contributed by atoms with E-state index >= 15 is 0 Å². The molecule has 5 heteroatoms. The van der Waals surface area contributed by atoms with Gasteiger partial charge < -0.3 is 15.3 Å². The molecule has 1 atom stereocenters. The normalized spacial score (nSPS) is 21.5. The molecule has 0 aliphatic carbocycles. The molecule has 1 heterocycles. The number of hydrogen-bond acceptors (Lipinski definition) is 3. The van der Waals surface area contributed by atoms with Crippen LogP contribution in [0.15, 0.2) is 18.2 Å². The fraction of sp³-hybridized carbons (Fsp3) is 0.529. The SMILES string of the molecule is CNC(=O)CC1(O)CCCN(C(=O)c2cccc(C)c2C)C1. The lowest BCUT2D eigenvalue weighted by Crippen LogP contribution is -2.52. The van der Waals surface area contributed by atoms with E-state index in [0.29, 0.717) is 24.9 Å². The molecule has 1 aromatic carbocycles. The van der Waals surface area contributed by atoms with Gasteiger partial charge in [-0.1, -0.05) is 12.1 Å². The largest absolute Gasteiger partial charge is 0.388 e. The van der Waals surface area contributed by atoms with Crippen molar-refractivity contribution in [1.82, 2.24) is 10.2 Å². The van der Waals surface area contributed by atoms with Crippen LogP contribution in [-0.4, -0.2) is 47.6 Å². The predicted octanol–water partition coefficient (Wildman–Crippen LogP) is 1.41. The highest BCUT2D eigenvalue weighted by atomic mass is 16.3. The lowest BCUT2D eigenvalue weighted by molar-refractivity contribution is -0.127. The van der Waals surface area contributed by atoms with Gasteiger partial charge in [0.2, 0.25) is 5.91 Å². The number of β-amino-alcohol motifs (C(OH)–C–C–N with tert-alkyl or cyclic N) is 1. The Morgan fingerprint density at radius 3 is 2.77 bits per heavy atom. The maximum absolute atomic E-state index is 12.7. The average Bonchev–Trinajstić information content (AvgIpc) is 2.49. The highest BCUT2D eigenvalue weighted by Crippen LogP contribution is 2.26. The van der Waals surface area contributed by atoms with Crippen molar-refractivity contribution >= 4 is 11.8 Å². The topological polar surface area (TPSA) is 69.6 Å². The number of likely N-dealkylation sites (tertiary alicyclic amines) is 1. The predicted molar refractivity (Wildman–Crippen MR) is 84.7 cm³/mol. The first kappa shape index (κ1) is 16.5. The Hall–Kier alpha value is -1.88. The Balaban J connectivity index is 2.16. The van der Waals surface area contributed by atoms with Gasteiger partial charge in [0.15, 0.2) is 0 Å². The van der Waals surface area contributed by atoms with Crippen LogP contribution in [0.5, 0.6) is 0 Å². The zero-order valence-electron chi connectivity index (χ0n) is 13.5. The molecule has 1 aromatic rings. The number of amides is 2. The van der Waals surface area contributed by atoms with Crippen LogP contribution < -0.4 is 5.32 Å². The Morgan fingerprint density at radius 2 is 2.09 bits per heavy atom. The van der Waals surface area contributed by atoms with E-state index in [1.807, 2.05) is 32.0 Å². The van der Waals surface area contributed by atoms with Gasteiger partial charge in [0, 0.05) is 19.2 Å². The average molecular weight is 304 g/mol. The van der Waals surface area contributed by atoms with Crippen LogP contribution in [0.3, 0.4) is 0 Å². The number of hydrogen-bond donors (Lipinski definition) is 2. The number of aryl methyl sites for hydroxylation is 1. The number of nitrogens with zero attached hydrogens (tertiary/aromatic N) is 1. The standard InChI is InChI=1S/C17H24N2O3/c1-12-6-4-7-14(13(12)2)16(21)19-9-5-8-17(22,11-19)10-15(20)18-3/h4,6-7,22H,5,8-11H2,1-3H3,(H,18,20). The van der Waals surface area contributed by atoms with E-state index in [4.69, 9.17) is 0 Å². The van der Waals surface area contributed by atoms with Crippen LogP contribution in [0.2, 0.25) is 0 Å². The van der Waals surface area contributed by atoms with Gasteiger partial charge in [0.25, 0.3) is 5.91 Å². The van der Waals surface area contributed by atoms with Crippen molar-refractivity contribution in [1.29, 1.82) is 0 Å². The van der Waals surface area contributed by atoms with Gasteiger partial charge in [0.1, 0.15) is 0 Å². The summed E-state index contributed by atoms with van der Waals surface area (Å²) in [5.41, 5.74) is 1.58. The van der Waals surface area contributed by atoms with E-state index in [9.17, 15) is 14.7 Å². The van der Waals surface area contributed by atoms with Gasteiger partial charge in [-0.05, 0) is 43.9 Å². The number of carbonyl (C=O) groups excluding carboxylic acids is 2. The molecule has 120 valence electrons. The fourth-order valence-corrected chi connectivity index (χ4v) is 2.97. The number of nitrogens with one attached hydrogen (secondary N) is 1. The number of aliphatic hydroxyl groups is 1. The first-order chi connectivity index (χ1) is 10.4. The van der Waals surface area contributed by atoms with Crippen molar-refractivity contribution in [3.05, 3.63) is 34.9 Å². The number of piperidine rings is 1. The minimum Gasteiger partial charge on any atom is -0.388 e. The van der Waals surface area contributed by atoms with Crippen LogP contribution in [0.4, 0.5) is 0 Å². The molecule has 0 radical (unpaired) electrons. The lowest BCUT2D eigenvalue weighted by atomic mass is 9.88. The number of benzene rings is 1. The Morgan fingerprint density at radius 1 is 1.36 bits per heavy atom. The first-order valence-corrected chi connectivity index (χ1v) is 7.65. The fourth-order valence-electron chi connectivity index (χ4n) is 2.97. The smallest absolute Gasteiger partial charge is 0.254 e. The van der Waals surface area contributed by atoms with Crippen molar-refractivity contribution in [2.24, 2.45) is 0 Å². The second-order valence-electron chi connectivity index (χ2n) is 6.15. The van der Waals surface area contributed by atoms with Crippen LogP contribution in [0.1, 0.15) is 40.7 Å². The van der Waals surface area contributed by atoms with E-state index in [0.717, 1.165) is 11.1 Å². The third kappa shape index (κ3) is 3.47. The van der Waals surface area contributed by atoms with Crippen molar-refractivity contribution in [3.63, 3.8) is 0 Å². The van der Waals surface area contributed by atoms with Gasteiger partial charge in [-0.15, -0.1) is 0 Å². The molecule has 2 N–H and O–H groups in total. The molecule has 5 nitrogen and oxygen atoms in total. The molecule has 1 saturated heterocycles. The Kier molecular flexibility index (Phi) is 4.86. The molecule has 2 amide bonds. The summed E-state index contributed by atoms with van der Waals surface area (Å²) in [6.45, 7) is 4.72. The molecule has 1 aliphatic heterocycles. The van der Waals surface area contributed by atoms with Crippen molar-refractivity contribution in [2.75, 3.05) is 20.1 Å². The Labute approximate surface area is 131 Å². The number of carbonyl (C=O) groups is 2. The molecule has 2 rings (SSSR count). The maximum atomic E-state index is 12.7. The summed E-state index contributed by atoms with van der Waals surface area (Å²) in [6.07, 6.45) is 1.27. The summed E-state index contributed by atoms with van der Waals surface area (Å²) >= 11 is 0. The van der Waals surface area contributed by atoms with E-state index < -0.39 is 5.60 Å². The van der Waals surface area contributed by atoms with E-state index in [2.05, 4.69) is 5.32 Å². The third-order valence-electron chi connectivity index (χ3n) is 4.45. The molecular weight excluding hydrogens is 280 g/mol. The molecular formula is C17H24N2O3. The first-order valence-electron chi connectivity index (χ1n) is 7.65. The van der Waals surface area contributed by atoms with Gasteiger partial charge in [-0.3, -0.25) is 9.59 Å². The van der Waals surface area contributed by atoms with Crippen LogP contribution >= 0.6 is 0 Å². The highest BCUT2D eigenvalue weighted by Gasteiger charge is 2.37. The van der Waals surface area contributed by atoms with Crippen molar-refractivity contribution in [3.8, 4) is 0 Å². The zero-order valence-corrected chi connectivity index (χ0v) is 13.5. The molecule has 0 bridgehead atoms. The van der Waals surface area contributed by atoms with Crippen LogP contribution in [-0.2, 0) is 4.79 Å². The zero-order chi connectivity index (χ0) is 16.3. The maximum Gasteiger partial charge on any atom is 0.254 e. The Bertz CT molecular complexity index is 585. The minimum atomic E-state index is -1.13. The summed E-state index contributed by atoms with van der Waals surface area (Å²) in [4.78, 5) is 25.9. The molecule has 1 fully saturated rings. The number of rotatable bonds is 3. The van der Waals surface area contributed by atoms with E-state index in [1.165, 1.54) is 0 Å². The molecule has 1 unspecified atom stereocenters. The molecule has 0 spiro atoms. The molecule has 0 aromatic heterocycles. The molecule has 0 saturated carbocycles. The van der Waals surface area contributed by atoms with E-state index in [1.54, 1.807) is 11.9 Å². The van der Waals surface area contributed by atoms with Gasteiger partial charge in [-0.25, -0.2) is 0 Å². The van der Waals surface area contributed by atoms with Crippen LogP contribution in [0.25, 0.3) is 0 Å². The summed E-state index contributed by atoms with van der Waals surface area (Å²) in [5, 5.41) is 13.1. The van der Waals surface area contributed by atoms with Crippen molar-refractivity contribution < 1.29 is 14.7 Å². The van der Waals surface area contributed by atoms with Gasteiger partial charge in [-0.2, -0.15) is 0 Å². The summed E-state index contributed by atoms with van der Waals surface area (Å²) in [5.74, 6) is -0.278.